The average Bonchev–Trinajstić information content (AvgIpc) is 3.02. The van der Waals surface area contributed by atoms with Crippen LogP contribution in [-0.4, -0.2) is 43.0 Å². The molecular weight excluding hydrogens is 477 g/mol. The Morgan fingerprint density at radius 3 is 2.56 bits per heavy atom. The molecule has 0 saturated carbocycles. The molecular formula is C18H28IN5O2S. The predicted molar refractivity (Wildman–Crippen MR) is 120 cm³/mol. The van der Waals surface area contributed by atoms with Crippen LogP contribution in [0.25, 0.3) is 0 Å². The van der Waals surface area contributed by atoms with E-state index in [1.165, 1.54) is 0 Å². The molecule has 0 atom stereocenters. The van der Waals surface area contributed by atoms with E-state index in [4.69, 9.17) is 0 Å². The number of nitrogens with one attached hydrogen (secondary N) is 2. The van der Waals surface area contributed by atoms with Crippen LogP contribution in [0.15, 0.2) is 47.6 Å². The van der Waals surface area contributed by atoms with Crippen LogP contribution in [0, 0.1) is 0 Å². The van der Waals surface area contributed by atoms with E-state index in [2.05, 4.69) is 20.7 Å². The molecule has 0 amide bonds. The van der Waals surface area contributed by atoms with Gasteiger partial charge in [-0.2, -0.15) is 5.10 Å². The minimum atomic E-state index is -3.11. The number of guanidine groups is 1. The summed E-state index contributed by atoms with van der Waals surface area (Å²) in [5.74, 6) is 0.910. The van der Waals surface area contributed by atoms with Gasteiger partial charge in [-0.1, -0.05) is 30.3 Å². The summed E-state index contributed by atoms with van der Waals surface area (Å²) in [7, 11) is -1.23. The van der Waals surface area contributed by atoms with Crippen molar-refractivity contribution in [2.24, 2.45) is 12.0 Å². The summed E-state index contributed by atoms with van der Waals surface area (Å²) in [5.41, 5.74) is 1.83. The highest BCUT2D eigenvalue weighted by molar-refractivity contribution is 14.0. The molecule has 0 radical (unpaired) electrons. The molecule has 27 heavy (non-hydrogen) atoms. The molecule has 2 rings (SSSR count). The van der Waals surface area contributed by atoms with E-state index in [1.807, 2.05) is 50.4 Å². The van der Waals surface area contributed by atoms with Crippen LogP contribution in [0.2, 0.25) is 0 Å². The van der Waals surface area contributed by atoms with Gasteiger partial charge >= 0.3 is 0 Å². The first kappa shape index (κ1) is 23.4. The minimum absolute atomic E-state index is 0. The van der Waals surface area contributed by atoms with E-state index < -0.39 is 9.84 Å². The molecule has 1 aromatic heterocycles. The van der Waals surface area contributed by atoms with Crippen LogP contribution >= 0.6 is 24.0 Å². The van der Waals surface area contributed by atoms with E-state index in [9.17, 15) is 8.42 Å². The van der Waals surface area contributed by atoms with Gasteiger partial charge in [0.25, 0.3) is 0 Å². The van der Waals surface area contributed by atoms with Gasteiger partial charge < -0.3 is 10.6 Å². The van der Waals surface area contributed by atoms with Gasteiger partial charge in [-0.25, -0.2) is 13.4 Å². The van der Waals surface area contributed by atoms with Gasteiger partial charge in [-0.05, 0) is 25.0 Å². The predicted octanol–water partition coefficient (Wildman–Crippen LogP) is 2.10. The molecule has 0 fully saturated rings. The minimum Gasteiger partial charge on any atom is -0.357 e. The molecule has 1 heterocycles. The Balaban J connectivity index is 0.00000364. The number of rotatable bonds is 9. The quantitative estimate of drug-likeness (QED) is 0.236. The Morgan fingerprint density at radius 2 is 1.93 bits per heavy atom. The van der Waals surface area contributed by atoms with Crippen molar-refractivity contribution in [3.8, 4) is 0 Å². The summed E-state index contributed by atoms with van der Waals surface area (Å²) in [6.45, 7) is 3.79. The zero-order valence-corrected chi connectivity index (χ0v) is 18.9. The molecule has 1 aromatic carbocycles. The first-order valence-electron chi connectivity index (χ1n) is 8.73. The highest BCUT2D eigenvalue weighted by Gasteiger charge is 2.11. The topological polar surface area (TPSA) is 88.4 Å². The van der Waals surface area contributed by atoms with Crippen LogP contribution in [0.1, 0.15) is 24.6 Å². The zero-order chi connectivity index (χ0) is 18.8. The van der Waals surface area contributed by atoms with Crippen LogP contribution in [0.4, 0.5) is 0 Å². The number of sulfone groups is 1. The van der Waals surface area contributed by atoms with E-state index >= 15 is 0 Å². The van der Waals surface area contributed by atoms with Crippen molar-refractivity contribution in [2.75, 3.05) is 18.8 Å². The van der Waals surface area contributed by atoms with Gasteiger partial charge in [0.1, 0.15) is 0 Å². The third-order valence-electron chi connectivity index (χ3n) is 3.82. The van der Waals surface area contributed by atoms with Crippen LogP contribution < -0.4 is 10.6 Å². The van der Waals surface area contributed by atoms with Crippen molar-refractivity contribution in [2.45, 2.75) is 25.6 Å². The Bertz CT molecular complexity index is 806. The van der Waals surface area contributed by atoms with Crippen molar-refractivity contribution < 1.29 is 8.42 Å². The highest BCUT2D eigenvalue weighted by atomic mass is 127. The smallest absolute Gasteiger partial charge is 0.191 e. The molecule has 2 N–H and O–H groups in total. The summed E-state index contributed by atoms with van der Waals surface area (Å²) in [5, 5.41) is 10.5. The first-order valence-corrected chi connectivity index (χ1v) is 10.6. The second-order valence-corrected chi connectivity index (χ2v) is 8.18. The Hall–Kier alpha value is -1.62. The van der Waals surface area contributed by atoms with Crippen LogP contribution in [-0.2, 0) is 29.2 Å². The number of aliphatic imine (C=N–C) groups is 1. The maximum atomic E-state index is 12.2. The van der Waals surface area contributed by atoms with Gasteiger partial charge in [-0.15, -0.1) is 24.0 Å². The lowest BCUT2D eigenvalue weighted by Gasteiger charge is -2.11. The molecule has 0 spiro atoms. The maximum Gasteiger partial charge on any atom is 0.191 e. The lowest BCUT2D eigenvalue weighted by molar-refractivity contribution is 0.591. The largest absolute Gasteiger partial charge is 0.357 e. The van der Waals surface area contributed by atoms with Crippen molar-refractivity contribution in [1.29, 1.82) is 0 Å². The fourth-order valence-electron chi connectivity index (χ4n) is 2.46. The highest BCUT2D eigenvalue weighted by Crippen LogP contribution is 2.07. The number of aryl methyl sites for hydroxylation is 1. The molecule has 0 aliphatic heterocycles. The zero-order valence-electron chi connectivity index (χ0n) is 15.8. The fourth-order valence-corrected chi connectivity index (χ4v) is 3.89. The SMILES string of the molecule is CCNC(=NCc1ccnn1C)NCCCS(=O)(=O)Cc1ccccc1.I. The number of benzene rings is 1. The average molecular weight is 505 g/mol. The van der Waals surface area contributed by atoms with Crippen molar-refractivity contribution in [1.82, 2.24) is 20.4 Å². The first-order chi connectivity index (χ1) is 12.5. The molecule has 150 valence electrons. The van der Waals surface area contributed by atoms with Gasteiger partial charge in [0.2, 0.25) is 0 Å². The lowest BCUT2D eigenvalue weighted by atomic mass is 10.2. The van der Waals surface area contributed by atoms with E-state index in [0.29, 0.717) is 25.5 Å². The van der Waals surface area contributed by atoms with Crippen LogP contribution in [0.3, 0.4) is 0 Å². The summed E-state index contributed by atoms with van der Waals surface area (Å²) >= 11 is 0. The molecule has 2 aromatic rings. The standard InChI is InChI=1S/C18H27N5O2S.HI/c1-3-19-18(21-14-17-10-12-22-23(17)2)20-11-7-13-26(24,25)15-16-8-5-4-6-9-16;/h4-6,8-10,12H,3,7,11,13-15H2,1-2H3,(H2,19,20,21);1H. The monoisotopic (exact) mass is 505 g/mol. The third-order valence-corrected chi connectivity index (χ3v) is 5.50. The molecule has 9 heteroatoms. The van der Waals surface area contributed by atoms with Crippen LogP contribution in [0.5, 0.6) is 0 Å². The second-order valence-electron chi connectivity index (χ2n) is 6.00. The summed E-state index contributed by atoms with van der Waals surface area (Å²) in [6, 6.07) is 11.2. The van der Waals surface area contributed by atoms with E-state index in [0.717, 1.165) is 17.8 Å². The lowest BCUT2D eigenvalue weighted by Crippen LogP contribution is -2.38. The molecule has 0 aliphatic rings. The number of hydrogen-bond donors (Lipinski definition) is 2. The third kappa shape index (κ3) is 8.74. The molecule has 0 aliphatic carbocycles. The summed E-state index contributed by atoms with van der Waals surface area (Å²) in [6.07, 6.45) is 2.27. The summed E-state index contributed by atoms with van der Waals surface area (Å²) < 4.78 is 26.2. The van der Waals surface area contributed by atoms with Gasteiger partial charge in [0.15, 0.2) is 15.8 Å². The second kappa shape index (κ2) is 12.0. The Kier molecular flexibility index (Phi) is 10.4. The molecule has 0 unspecified atom stereocenters. The molecule has 7 nitrogen and oxygen atoms in total. The molecule has 0 bridgehead atoms. The van der Waals surface area contributed by atoms with Crippen molar-refractivity contribution in [3.63, 3.8) is 0 Å². The number of aromatic nitrogens is 2. The normalized spacial score (nSPS) is 11.7. The number of hydrogen-bond acceptors (Lipinski definition) is 4. The van der Waals surface area contributed by atoms with E-state index in [1.54, 1.807) is 10.9 Å². The Morgan fingerprint density at radius 1 is 1.19 bits per heavy atom. The van der Waals surface area contributed by atoms with Crippen molar-refractivity contribution >= 4 is 39.8 Å². The van der Waals surface area contributed by atoms with Crippen molar-refractivity contribution in [3.05, 3.63) is 53.9 Å². The molecule has 0 saturated heterocycles. The van der Waals surface area contributed by atoms with E-state index in [-0.39, 0.29) is 35.5 Å². The number of nitrogens with zero attached hydrogens (tertiary/aromatic N) is 3. The van der Waals surface area contributed by atoms with Gasteiger partial charge in [-0.3, -0.25) is 4.68 Å². The van der Waals surface area contributed by atoms with Gasteiger partial charge in [0, 0.05) is 26.3 Å². The Labute approximate surface area is 178 Å². The van der Waals surface area contributed by atoms with Gasteiger partial charge in [0.05, 0.1) is 23.7 Å². The number of halogens is 1. The maximum absolute atomic E-state index is 12.2. The summed E-state index contributed by atoms with van der Waals surface area (Å²) in [4.78, 5) is 4.50. The fraction of sp³-hybridized carbons (Fsp3) is 0.444.